The van der Waals surface area contributed by atoms with Crippen LogP contribution in [-0.4, -0.2) is 10.5 Å². The van der Waals surface area contributed by atoms with E-state index in [9.17, 15) is 9.59 Å². The summed E-state index contributed by atoms with van der Waals surface area (Å²) in [7, 11) is 0. The molecule has 0 spiro atoms. The van der Waals surface area contributed by atoms with Crippen LogP contribution in [0, 0.1) is 0 Å². The molecule has 1 aromatic heterocycles. The van der Waals surface area contributed by atoms with Crippen molar-refractivity contribution in [3.63, 3.8) is 0 Å². The first-order valence-electron chi connectivity index (χ1n) is 8.76. The lowest BCUT2D eigenvalue weighted by Gasteiger charge is -2.14. The highest BCUT2D eigenvalue weighted by Crippen LogP contribution is 2.25. The van der Waals surface area contributed by atoms with Crippen LogP contribution in [0.4, 0.5) is 0 Å². The number of hydrogen-bond acceptors (Lipinski definition) is 3. The fraction of sp³-hybridized carbons (Fsp3) is 0.0435. The summed E-state index contributed by atoms with van der Waals surface area (Å²) in [5, 5.41) is 1.23. The van der Waals surface area contributed by atoms with E-state index >= 15 is 0 Å². The van der Waals surface area contributed by atoms with Crippen molar-refractivity contribution < 1.29 is 9.53 Å². The van der Waals surface area contributed by atoms with Gasteiger partial charge in [-0.1, -0.05) is 54.1 Å². The van der Waals surface area contributed by atoms with Crippen LogP contribution in [0.15, 0.2) is 89.7 Å². The number of pyridine rings is 1. The predicted octanol–water partition coefficient (Wildman–Crippen LogP) is 4.92. The van der Waals surface area contributed by atoms with Crippen molar-refractivity contribution in [1.29, 1.82) is 0 Å². The standard InChI is InChI=1S/C23H16ClNO3/c24-18-12-10-17(11-13-18)23(27)28-21-14-22(26)25(15-16-6-2-1-3-7-16)20-9-5-4-8-19(20)21/h1-14H,15H2. The van der Waals surface area contributed by atoms with Gasteiger partial charge in [0, 0.05) is 16.5 Å². The van der Waals surface area contributed by atoms with Gasteiger partial charge < -0.3 is 9.30 Å². The third-order valence-corrected chi connectivity index (χ3v) is 4.70. The van der Waals surface area contributed by atoms with Gasteiger partial charge in [0.25, 0.3) is 5.56 Å². The van der Waals surface area contributed by atoms with E-state index in [0.29, 0.717) is 28.0 Å². The van der Waals surface area contributed by atoms with Gasteiger partial charge in [0.2, 0.25) is 0 Å². The summed E-state index contributed by atoms with van der Waals surface area (Å²) >= 11 is 5.86. The minimum absolute atomic E-state index is 0.235. The highest BCUT2D eigenvalue weighted by molar-refractivity contribution is 6.30. The van der Waals surface area contributed by atoms with Crippen LogP contribution < -0.4 is 10.3 Å². The molecule has 0 aliphatic heterocycles. The molecule has 0 fully saturated rings. The number of aromatic nitrogens is 1. The van der Waals surface area contributed by atoms with Crippen LogP contribution in [0.3, 0.4) is 0 Å². The van der Waals surface area contributed by atoms with Gasteiger partial charge in [0.05, 0.1) is 17.6 Å². The van der Waals surface area contributed by atoms with Gasteiger partial charge in [-0.15, -0.1) is 0 Å². The van der Waals surface area contributed by atoms with E-state index < -0.39 is 5.97 Å². The maximum Gasteiger partial charge on any atom is 0.343 e. The average molecular weight is 390 g/mol. The van der Waals surface area contributed by atoms with Crippen LogP contribution in [0.5, 0.6) is 5.75 Å². The van der Waals surface area contributed by atoms with Gasteiger partial charge in [-0.05, 0) is 42.0 Å². The Kier molecular flexibility index (Phi) is 4.96. The number of nitrogens with zero attached hydrogens (tertiary/aromatic N) is 1. The van der Waals surface area contributed by atoms with Crippen LogP contribution in [0.2, 0.25) is 5.02 Å². The second-order valence-electron chi connectivity index (χ2n) is 6.33. The Morgan fingerprint density at radius 1 is 0.893 bits per heavy atom. The molecule has 0 atom stereocenters. The summed E-state index contributed by atoms with van der Waals surface area (Å²) in [5.41, 5.74) is 1.85. The predicted molar refractivity (Wildman–Crippen MR) is 110 cm³/mol. The Balaban J connectivity index is 1.74. The highest BCUT2D eigenvalue weighted by Gasteiger charge is 2.14. The summed E-state index contributed by atoms with van der Waals surface area (Å²) in [4.78, 5) is 25.3. The van der Waals surface area contributed by atoms with Gasteiger partial charge in [-0.25, -0.2) is 4.79 Å². The van der Waals surface area contributed by atoms with E-state index in [-0.39, 0.29) is 11.3 Å². The molecule has 28 heavy (non-hydrogen) atoms. The maximum absolute atomic E-state index is 12.8. The number of esters is 1. The number of carbonyl (C=O) groups excluding carboxylic acids is 1. The van der Waals surface area contributed by atoms with Crippen molar-refractivity contribution in [1.82, 2.24) is 4.57 Å². The van der Waals surface area contributed by atoms with Crippen LogP contribution in [0.1, 0.15) is 15.9 Å². The van der Waals surface area contributed by atoms with Gasteiger partial charge in [0.15, 0.2) is 0 Å². The summed E-state index contributed by atoms with van der Waals surface area (Å²) in [6.07, 6.45) is 0. The summed E-state index contributed by atoms with van der Waals surface area (Å²) in [6.45, 7) is 0.436. The molecule has 1 heterocycles. The Morgan fingerprint density at radius 2 is 1.57 bits per heavy atom. The van der Waals surface area contributed by atoms with Gasteiger partial charge in [0.1, 0.15) is 5.75 Å². The summed E-state index contributed by atoms with van der Waals surface area (Å²) < 4.78 is 7.22. The zero-order chi connectivity index (χ0) is 19.5. The van der Waals surface area contributed by atoms with Crippen LogP contribution in [0.25, 0.3) is 10.9 Å². The third kappa shape index (κ3) is 3.68. The molecular weight excluding hydrogens is 374 g/mol. The maximum atomic E-state index is 12.8. The van der Waals surface area contributed by atoms with Gasteiger partial charge in [-0.3, -0.25) is 4.79 Å². The van der Waals surface area contributed by atoms with Crippen molar-refractivity contribution >= 4 is 28.5 Å². The lowest BCUT2D eigenvalue weighted by Crippen LogP contribution is -2.21. The van der Waals surface area contributed by atoms with Crippen LogP contribution in [-0.2, 0) is 6.54 Å². The fourth-order valence-electron chi connectivity index (χ4n) is 3.06. The van der Waals surface area contributed by atoms with E-state index in [1.165, 1.54) is 6.07 Å². The quantitative estimate of drug-likeness (QED) is 0.465. The van der Waals surface area contributed by atoms with E-state index in [0.717, 1.165) is 5.56 Å². The molecule has 0 saturated carbocycles. The smallest absolute Gasteiger partial charge is 0.343 e. The fourth-order valence-corrected chi connectivity index (χ4v) is 3.19. The molecule has 138 valence electrons. The van der Waals surface area contributed by atoms with Gasteiger partial charge in [-0.2, -0.15) is 0 Å². The molecule has 5 heteroatoms. The molecule has 0 aliphatic carbocycles. The second kappa shape index (κ2) is 7.71. The largest absolute Gasteiger partial charge is 0.422 e. The van der Waals surface area contributed by atoms with Crippen molar-refractivity contribution in [3.8, 4) is 5.75 Å². The number of halogens is 1. The SMILES string of the molecule is O=C(Oc1cc(=O)n(Cc2ccccc2)c2ccccc12)c1ccc(Cl)cc1. The molecule has 4 aromatic rings. The first-order chi connectivity index (χ1) is 13.6. The molecular formula is C23H16ClNO3. The first-order valence-corrected chi connectivity index (χ1v) is 9.14. The zero-order valence-electron chi connectivity index (χ0n) is 14.8. The number of ether oxygens (including phenoxy) is 1. The second-order valence-corrected chi connectivity index (χ2v) is 6.77. The molecule has 0 N–H and O–H groups in total. The van der Waals surface area contributed by atoms with E-state index in [4.69, 9.17) is 16.3 Å². The Labute approximate surface area is 166 Å². The van der Waals surface area contributed by atoms with Crippen molar-refractivity contribution in [3.05, 3.63) is 111 Å². The van der Waals surface area contributed by atoms with Crippen molar-refractivity contribution in [2.24, 2.45) is 0 Å². The van der Waals surface area contributed by atoms with Crippen molar-refractivity contribution in [2.45, 2.75) is 6.54 Å². The molecule has 0 bridgehead atoms. The minimum atomic E-state index is -0.540. The first kappa shape index (κ1) is 18.0. The molecule has 4 nitrogen and oxygen atoms in total. The number of para-hydroxylation sites is 1. The van der Waals surface area contributed by atoms with Crippen molar-refractivity contribution in [2.75, 3.05) is 0 Å². The molecule has 4 rings (SSSR count). The van der Waals surface area contributed by atoms with Crippen LogP contribution >= 0.6 is 11.6 Å². The molecule has 0 aliphatic rings. The minimum Gasteiger partial charge on any atom is -0.422 e. The monoisotopic (exact) mass is 389 g/mol. The lowest BCUT2D eigenvalue weighted by molar-refractivity contribution is 0.0737. The molecule has 0 unspecified atom stereocenters. The lowest BCUT2D eigenvalue weighted by atomic mass is 10.1. The highest BCUT2D eigenvalue weighted by atomic mass is 35.5. The number of hydrogen-bond donors (Lipinski definition) is 0. The number of rotatable bonds is 4. The Bertz CT molecular complexity index is 1200. The topological polar surface area (TPSA) is 48.3 Å². The Morgan fingerprint density at radius 3 is 2.32 bits per heavy atom. The third-order valence-electron chi connectivity index (χ3n) is 4.45. The summed E-state index contributed by atoms with van der Waals surface area (Å²) in [6, 6.07) is 24.9. The van der Waals surface area contributed by atoms with Gasteiger partial charge >= 0.3 is 5.97 Å². The molecule has 3 aromatic carbocycles. The zero-order valence-corrected chi connectivity index (χ0v) is 15.6. The number of benzene rings is 3. The summed E-state index contributed by atoms with van der Waals surface area (Å²) in [5.74, 6) is -0.299. The number of fused-ring (bicyclic) bond motifs is 1. The molecule has 0 amide bonds. The average Bonchev–Trinajstić information content (AvgIpc) is 2.72. The molecule has 0 saturated heterocycles. The normalized spacial score (nSPS) is 10.8. The number of carbonyl (C=O) groups is 1. The molecule has 0 radical (unpaired) electrons. The Hall–Kier alpha value is -3.37. The van der Waals surface area contributed by atoms with E-state index in [1.54, 1.807) is 28.8 Å². The van der Waals surface area contributed by atoms with E-state index in [2.05, 4.69) is 0 Å². The van der Waals surface area contributed by atoms with E-state index in [1.807, 2.05) is 54.6 Å².